The van der Waals surface area contributed by atoms with Gasteiger partial charge in [-0.25, -0.2) is 0 Å². The number of amides is 1. The topological polar surface area (TPSA) is 46.3 Å². The minimum atomic E-state index is 0.201. The van der Waals surface area contributed by atoms with Crippen LogP contribution in [0.3, 0.4) is 0 Å². The Morgan fingerprint density at radius 1 is 1.47 bits per heavy atom. The normalized spacial score (nSPS) is 19.4. The number of allylic oxidation sites excluding steroid dienone is 1. The highest BCUT2D eigenvalue weighted by atomic mass is 16.2. The van der Waals surface area contributed by atoms with Crippen molar-refractivity contribution in [1.82, 2.24) is 4.90 Å². The highest BCUT2D eigenvalue weighted by Crippen LogP contribution is 2.17. The van der Waals surface area contributed by atoms with Crippen molar-refractivity contribution in [2.75, 3.05) is 19.6 Å². The molecule has 0 aromatic heterocycles. The lowest BCUT2D eigenvalue weighted by molar-refractivity contribution is -0.128. The quantitative estimate of drug-likeness (QED) is 0.718. The summed E-state index contributed by atoms with van der Waals surface area (Å²) in [4.78, 5) is 13.9. The van der Waals surface area contributed by atoms with Gasteiger partial charge in [0.15, 0.2) is 0 Å². The molecule has 0 bridgehead atoms. The number of hydrogen-bond donors (Lipinski definition) is 1. The summed E-state index contributed by atoms with van der Waals surface area (Å²) in [7, 11) is 0. The maximum atomic E-state index is 11.9. The van der Waals surface area contributed by atoms with E-state index < -0.39 is 0 Å². The first-order valence-electron chi connectivity index (χ1n) is 5.85. The van der Waals surface area contributed by atoms with Gasteiger partial charge in [-0.2, -0.15) is 0 Å². The van der Waals surface area contributed by atoms with Gasteiger partial charge in [-0.15, -0.1) is 0 Å². The Morgan fingerprint density at radius 2 is 2.07 bits per heavy atom. The number of carbonyl (C=O) groups excluding carboxylic acids is 1. The van der Waals surface area contributed by atoms with Crippen LogP contribution in [0.4, 0.5) is 0 Å². The smallest absolute Gasteiger partial charge is 0.249 e. The Kier molecular flexibility index (Phi) is 4.82. The van der Waals surface area contributed by atoms with Crippen molar-refractivity contribution >= 4 is 5.91 Å². The zero-order valence-corrected chi connectivity index (χ0v) is 9.83. The van der Waals surface area contributed by atoms with Crippen LogP contribution in [0.25, 0.3) is 0 Å². The lowest BCUT2D eigenvalue weighted by Gasteiger charge is -2.31. The molecule has 1 amide bonds. The summed E-state index contributed by atoms with van der Waals surface area (Å²) in [6, 6.07) is 0. The molecular formula is C12H22N2O. The van der Waals surface area contributed by atoms with Crippen molar-refractivity contribution in [3.05, 3.63) is 11.6 Å². The fraction of sp³-hybridized carbons (Fsp3) is 0.750. The molecule has 1 fully saturated rings. The Hall–Kier alpha value is -0.830. The molecule has 15 heavy (non-hydrogen) atoms. The van der Waals surface area contributed by atoms with Gasteiger partial charge in [0.25, 0.3) is 0 Å². The van der Waals surface area contributed by atoms with Crippen molar-refractivity contribution in [3.63, 3.8) is 0 Å². The van der Waals surface area contributed by atoms with Gasteiger partial charge in [-0.05, 0) is 38.6 Å². The van der Waals surface area contributed by atoms with Gasteiger partial charge < -0.3 is 10.6 Å². The molecule has 0 atom stereocenters. The van der Waals surface area contributed by atoms with E-state index in [1.54, 1.807) is 0 Å². The molecule has 0 aliphatic carbocycles. The predicted octanol–water partition coefficient (Wildman–Crippen LogP) is 1.54. The first kappa shape index (κ1) is 12.2. The minimum Gasteiger partial charge on any atom is -0.339 e. The summed E-state index contributed by atoms with van der Waals surface area (Å²) in [6.45, 7) is 6.45. The largest absolute Gasteiger partial charge is 0.339 e. The Labute approximate surface area is 92.3 Å². The summed E-state index contributed by atoms with van der Waals surface area (Å²) in [5.41, 5.74) is 6.50. The molecule has 3 heteroatoms. The number of nitrogens with two attached hydrogens (primary N) is 1. The molecule has 1 aliphatic rings. The van der Waals surface area contributed by atoms with Crippen LogP contribution < -0.4 is 5.73 Å². The molecule has 1 heterocycles. The van der Waals surface area contributed by atoms with Crippen molar-refractivity contribution in [1.29, 1.82) is 0 Å². The summed E-state index contributed by atoms with van der Waals surface area (Å²) in [5, 5.41) is 0. The van der Waals surface area contributed by atoms with Crippen LogP contribution in [-0.2, 0) is 4.79 Å². The van der Waals surface area contributed by atoms with Gasteiger partial charge in [0, 0.05) is 18.7 Å². The van der Waals surface area contributed by atoms with Crippen molar-refractivity contribution in [2.24, 2.45) is 11.7 Å². The Bertz CT molecular complexity index is 240. The molecule has 86 valence electrons. The molecule has 1 saturated heterocycles. The number of hydrogen-bond acceptors (Lipinski definition) is 2. The minimum absolute atomic E-state index is 0.201. The summed E-state index contributed by atoms with van der Waals surface area (Å²) in [6.07, 6.45) is 5.04. The SMILES string of the molecule is CC/C=C(\C)C(=O)N1CCC(CN)CC1. The lowest BCUT2D eigenvalue weighted by atomic mass is 9.96. The molecule has 3 nitrogen and oxygen atoms in total. The third-order valence-corrected chi connectivity index (χ3v) is 3.08. The van der Waals surface area contributed by atoms with Crippen LogP contribution in [0.5, 0.6) is 0 Å². The summed E-state index contributed by atoms with van der Waals surface area (Å²) >= 11 is 0. The Balaban J connectivity index is 2.46. The molecule has 0 unspecified atom stereocenters. The predicted molar refractivity (Wildman–Crippen MR) is 62.4 cm³/mol. The molecule has 0 aromatic rings. The van der Waals surface area contributed by atoms with E-state index in [9.17, 15) is 4.79 Å². The standard InChI is InChI=1S/C12H22N2O/c1-3-4-10(2)12(15)14-7-5-11(9-13)6-8-14/h4,11H,3,5-9,13H2,1-2H3/b10-4+. The van der Waals surface area contributed by atoms with Crippen LogP contribution in [-0.4, -0.2) is 30.4 Å². The van der Waals surface area contributed by atoms with Crippen LogP contribution in [0.2, 0.25) is 0 Å². The molecular weight excluding hydrogens is 188 g/mol. The first-order valence-corrected chi connectivity index (χ1v) is 5.85. The van der Waals surface area contributed by atoms with Gasteiger partial charge in [0.1, 0.15) is 0 Å². The molecule has 0 radical (unpaired) electrons. The van der Waals surface area contributed by atoms with Gasteiger partial charge in [0.2, 0.25) is 5.91 Å². The average Bonchev–Trinajstić information content (AvgIpc) is 2.28. The van der Waals surface area contributed by atoms with E-state index >= 15 is 0 Å². The van der Waals surface area contributed by atoms with Crippen LogP contribution in [0, 0.1) is 5.92 Å². The maximum Gasteiger partial charge on any atom is 0.249 e. The van der Waals surface area contributed by atoms with Crippen molar-refractivity contribution in [2.45, 2.75) is 33.1 Å². The fourth-order valence-electron chi connectivity index (χ4n) is 2.01. The van der Waals surface area contributed by atoms with E-state index in [2.05, 4.69) is 6.92 Å². The van der Waals surface area contributed by atoms with Gasteiger partial charge in [-0.3, -0.25) is 4.79 Å². The molecule has 2 N–H and O–H groups in total. The molecule has 0 spiro atoms. The summed E-state index contributed by atoms with van der Waals surface area (Å²) < 4.78 is 0. The third-order valence-electron chi connectivity index (χ3n) is 3.08. The highest BCUT2D eigenvalue weighted by Gasteiger charge is 2.22. The lowest BCUT2D eigenvalue weighted by Crippen LogP contribution is -2.40. The molecule has 1 rings (SSSR count). The average molecular weight is 210 g/mol. The molecule has 1 aliphatic heterocycles. The van der Waals surface area contributed by atoms with Crippen LogP contribution in [0.1, 0.15) is 33.1 Å². The van der Waals surface area contributed by atoms with Gasteiger partial charge >= 0.3 is 0 Å². The van der Waals surface area contributed by atoms with E-state index in [0.717, 1.165) is 44.5 Å². The summed E-state index contributed by atoms with van der Waals surface area (Å²) in [5.74, 6) is 0.817. The van der Waals surface area contributed by atoms with Crippen LogP contribution >= 0.6 is 0 Å². The van der Waals surface area contributed by atoms with E-state index in [0.29, 0.717) is 5.92 Å². The molecule has 0 aromatic carbocycles. The number of likely N-dealkylation sites (tertiary alicyclic amines) is 1. The van der Waals surface area contributed by atoms with E-state index in [-0.39, 0.29) is 5.91 Å². The zero-order chi connectivity index (χ0) is 11.3. The van der Waals surface area contributed by atoms with E-state index in [1.165, 1.54) is 0 Å². The second kappa shape index (κ2) is 5.91. The van der Waals surface area contributed by atoms with E-state index in [1.807, 2.05) is 17.9 Å². The number of carbonyl (C=O) groups is 1. The second-order valence-corrected chi connectivity index (χ2v) is 4.27. The highest BCUT2D eigenvalue weighted by molar-refractivity contribution is 5.92. The number of piperidine rings is 1. The van der Waals surface area contributed by atoms with Crippen LogP contribution in [0.15, 0.2) is 11.6 Å². The zero-order valence-electron chi connectivity index (χ0n) is 9.83. The third kappa shape index (κ3) is 3.34. The fourth-order valence-corrected chi connectivity index (χ4v) is 2.01. The van der Waals surface area contributed by atoms with Crippen molar-refractivity contribution in [3.8, 4) is 0 Å². The molecule has 0 saturated carbocycles. The number of rotatable bonds is 3. The van der Waals surface area contributed by atoms with E-state index in [4.69, 9.17) is 5.73 Å². The maximum absolute atomic E-state index is 11.9. The van der Waals surface area contributed by atoms with Gasteiger partial charge in [0.05, 0.1) is 0 Å². The monoisotopic (exact) mass is 210 g/mol. The Morgan fingerprint density at radius 3 is 2.53 bits per heavy atom. The van der Waals surface area contributed by atoms with Crippen molar-refractivity contribution < 1.29 is 4.79 Å². The second-order valence-electron chi connectivity index (χ2n) is 4.27. The number of nitrogens with zero attached hydrogens (tertiary/aromatic N) is 1. The first-order chi connectivity index (χ1) is 7.19. The van der Waals surface area contributed by atoms with Gasteiger partial charge in [-0.1, -0.05) is 13.0 Å².